The lowest BCUT2D eigenvalue weighted by molar-refractivity contribution is -0.127. The molecule has 0 heterocycles. The lowest BCUT2D eigenvalue weighted by Gasteiger charge is -2.14. The van der Waals surface area contributed by atoms with Crippen LogP contribution in [-0.4, -0.2) is 18.1 Å². The van der Waals surface area contributed by atoms with Crippen molar-refractivity contribution in [3.8, 4) is 11.8 Å². The van der Waals surface area contributed by atoms with Crippen LogP contribution in [0.25, 0.3) is 0 Å². The Morgan fingerprint density at radius 3 is 2.65 bits per heavy atom. The lowest BCUT2D eigenvalue weighted by atomic mass is 10.2. The van der Waals surface area contributed by atoms with Crippen molar-refractivity contribution in [3.63, 3.8) is 0 Å². The molecule has 1 aromatic carbocycles. The zero-order chi connectivity index (χ0) is 12.3. The number of nitrogens with zero attached hydrogens (tertiary/aromatic N) is 1. The highest BCUT2D eigenvalue weighted by Gasteiger charge is 2.26. The number of carbonyl (C=O) groups excluding carboxylic acids is 1. The van der Waals surface area contributed by atoms with E-state index in [4.69, 9.17) is 10.00 Å². The normalized spacial score (nSPS) is 15.8. The lowest BCUT2D eigenvalue weighted by Crippen LogP contribution is -2.37. The Morgan fingerprint density at radius 1 is 1.47 bits per heavy atom. The molecule has 1 amide bonds. The van der Waals surface area contributed by atoms with Gasteiger partial charge in [-0.2, -0.15) is 5.26 Å². The highest BCUT2D eigenvalue weighted by molar-refractivity contribution is 5.81. The number of carbonyl (C=O) groups is 1. The van der Waals surface area contributed by atoms with Crippen LogP contribution in [0.5, 0.6) is 5.75 Å². The third kappa shape index (κ3) is 3.22. The summed E-state index contributed by atoms with van der Waals surface area (Å²) in [6.07, 6.45) is 1.62. The van der Waals surface area contributed by atoms with Crippen molar-refractivity contribution in [1.29, 1.82) is 5.26 Å². The maximum Gasteiger partial charge on any atom is 0.260 e. The fourth-order valence-electron chi connectivity index (χ4n) is 1.41. The van der Waals surface area contributed by atoms with Gasteiger partial charge in [-0.3, -0.25) is 4.79 Å². The zero-order valence-electron chi connectivity index (χ0n) is 9.64. The SMILES string of the molecule is C[C@H](Oc1ccc(C#N)cc1)C(=O)NC1CC1. The van der Waals surface area contributed by atoms with Crippen LogP contribution in [0.15, 0.2) is 24.3 Å². The molecule has 0 radical (unpaired) electrons. The predicted molar refractivity (Wildman–Crippen MR) is 62.4 cm³/mol. The molecule has 1 saturated carbocycles. The predicted octanol–water partition coefficient (Wildman–Crippen LogP) is 1.60. The third-order valence-corrected chi connectivity index (χ3v) is 2.59. The van der Waals surface area contributed by atoms with Crippen molar-refractivity contribution < 1.29 is 9.53 Å². The van der Waals surface area contributed by atoms with Crippen LogP contribution in [0.1, 0.15) is 25.3 Å². The van der Waals surface area contributed by atoms with E-state index in [0.29, 0.717) is 17.4 Å². The van der Waals surface area contributed by atoms with Gasteiger partial charge in [0, 0.05) is 6.04 Å². The molecule has 17 heavy (non-hydrogen) atoms. The molecule has 0 unspecified atom stereocenters. The van der Waals surface area contributed by atoms with Crippen LogP contribution in [0.3, 0.4) is 0 Å². The summed E-state index contributed by atoms with van der Waals surface area (Å²) in [6.45, 7) is 1.72. The molecule has 1 aliphatic rings. The van der Waals surface area contributed by atoms with Gasteiger partial charge in [-0.25, -0.2) is 0 Å². The van der Waals surface area contributed by atoms with Crippen LogP contribution in [0.2, 0.25) is 0 Å². The average Bonchev–Trinajstić information content (AvgIpc) is 3.14. The van der Waals surface area contributed by atoms with E-state index < -0.39 is 6.10 Å². The molecular weight excluding hydrogens is 216 g/mol. The van der Waals surface area contributed by atoms with Gasteiger partial charge in [-0.05, 0) is 44.0 Å². The van der Waals surface area contributed by atoms with E-state index in [9.17, 15) is 4.79 Å². The monoisotopic (exact) mass is 230 g/mol. The van der Waals surface area contributed by atoms with Crippen molar-refractivity contribution >= 4 is 5.91 Å². The van der Waals surface area contributed by atoms with Gasteiger partial charge in [0.25, 0.3) is 5.91 Å². The molecule has 1 fully saturated rings. The number of nitriles is 1. The second kappa shape index (κ2) is 4.88. The minimum absolute atomic E-state index is 0.0862. The molecule has 2 rings (SSSR count). The molecule has 1 atom stereocenters. The second-order valence-electron chi connectivity index (χ2n) is 4.18. The van der Waals surface area contributed by atoms with E-state index >= 15 is 0 Å². The van der Waals surface area contributed by atoms with E-state index in [1.807, 2.05) is 6.07 Å². The number of benzene rings is 1. The standard InChI is InChI=1S/C13H14N2O2/c1-9(13(16)15-11-4-5-11)17-12-6-2-10(8-14)3-7-12/h2-3,6-7,9,11H,4-5H2,1H3,(H,15,16)/t9-/m0/s1. The summed E-state index contributed by atoms with van der Waals surface area (Å²) in [5.41, 5.74) is 0.576. The molecule has 1 aromatic rings. The van der Waals surface area contributed by atoms with Gasteiger partial charge >= 0.3 is 0 Å². The van der Waals surface area contributed by atoms with Gasteiger partial charge in [0.05, 0.1) is 11.6 Å². The Bertz CT molecular complexity index is 443. The van der Waals surface area contributed by atoms with Crippen LogP contribution >= 0.6 is 0 Å². The first-order chi connectivity index (χ1) is 8.19. The molecule has 4 heteroatoms. The first-order valence-corrected chi connectivity index (χ1v) is 5.66. The summed E-state index contributed by atoms with van der Waals surface area (Å²) in [4.78, 5) is 11.6. The Balaban J connectivity index is 1.90. The third-order valence-electron chi connectivity index (χ3n) is 2.59. The quantitative estimate of drug-likeness (QED) is 0.854. The Hall–Kier alpha value is -2.02. The Morgan fingerprint density at radius 2 is 2.12 bits per heavy atom. The molecule has 0 aromatic heterocycles. The first kappa shape index (κ1) is 11.5. The number of hydrogen-bond acceptors (Lipinski definition) is 3. The zero-order valence-corrected chi connectivity index (χ0v) is 9.64. The van der Waals surface area contributed by atoms with Gasteiger partial charge in [0.2, 0.25) is 0 Å². The van der Waals surface area contributed by atoms with Gasteiger partial charge in [0.1, 0.15) is 5.75 Å². The van der Waals surface area contributed by atoms with Crippen molar-refractivity contribution in [2.24, 2.45) is 0 Å². The number of amides is 1. The van der Waals surface area contributed by atoms with Gasteiger partial charge in [-0.15, -0.1) is 0 Å². The van der Waals surface area contributed by atoms with Crippen molar-refractivity contribution in [3.05, 3.63) is 29.8 Å². The summed E-state index contributed by atoms with van der Waals surface area (Å²) in [7, 11) is 0. The highest BCUT2D eigenvalue weighted by atomic mass is 16.5. The summed E-state index contributed by atoms with van der Waals surface area (Å²) in [5.74, 6) is 0.513. The largest absolute Gasteiger partial charge is 0.481 e. The first-order valence-electron chi connectivity index (χ1n) is 5.66. The molecule has 0 aliphatic heterocycles. The van der Waals surface area contributed by atoms with E-state index in [2.05, 4.69) is 5.32 Å². The Kier molecular flexibility index (Phi) is 3.29. The summed E-state index contributed by atoms with van der Waals surface area (Å²) < 4.78 is 5.48. The fraction of sp³-hybridized carbons (Fsp3) is 0.385. The van der Waals surface area contributed by atoms with Crippen molar-refractivity contribution in [2.45, 2.75) is 31.9 Å². The Labute approximate surface area is 100 Å². The number of hydrogen-bond donors (Lipinski definition) is 1. The van der Waals surface area contributed by atoms with Crippen LogP contribution in [0, 0.1) is 11.3 Å². The van der Waals surface area contributed by atoms with Crippen LogP contribution in [0.4, 0.5) is 0 Å². The van der Waals surface area contributed by atoms with Crippen LogP contribution in [-0.2, 0) is 4.79 Å². The molecule has 0 spiro atoms. The number of nitrogens with one attached hydrogen (secondary N) is 1. The minimum atomic E-state index is -0.511. The van der Waals surface area contributed by atoms with Gasteiger partial charge in [-0.1, -0.05) is 0 Å². The van der Waals surface area contributed by atoms with Gasteiger partial charge in [0.15, 0.2) is 6.10 Å². The summed E-state index contributed by atoms with van der Waals surface area (Å²) in [6, 6.07) is 9.09. The van der Waals surface area contributed by atoms with Crippen LogP contribution < -0.4 is 10.1 Å². The van der Waals surface area contributed by atoms with E-state index in [0.717, 1.165) is 12.8 Å². The number of rotatable bonds is 4. The summed E-state index contributed by atoms with van der Waals surface area (Å²) >= 11 is 0. The molecule has 1 aliphatic carbocycles. The average molecular weight is 230 g/mol. The molecule has 4 nitrogen and oxygen atoms in total. The highest BCUT2D eigenvalue weighted by Crippen LogP contribution is 2.19. The van der Waals surface area contributed by atoms with E-state index in [-0.39, 0.29) is 5.91 Å². The molecule has 88 valence electrons. The number of ether oxygens (including phenoxy) is 1. The summed E-state index contributed by atoms with van der Waals surface area (Å²) in [5, 5.41) is 11.5. The molecular formula is C13H14N2O2. The van der Waals surface area contributed by atoms with Crippen molar-refractivity contribution in [1.82, 2.24) is 5.32 Å². The van der Waals surface area contributed by atoms with Gasteiger partial charge < -0.3 is 10.1 Å². The molecule has 1 N–H and O–H groups in total. The maximum atomic E-state index is 11.6. The van der Waals surface area contributed by atoms with Crippen molar-refractivity contribution in [2.75, 3.05) is 0 Å². The second-order valence-corrected chi connectivity index (χ2v) is 4.18. The smallest absolute Gasteiger partial charge is 0.260 e. The molecule has 0 saturated heterocycles. The van der Waals surface area contributed by atoms with E-state index in [1.54, 1.807) is 31.2 Å². The maximum absolute atomic E-state index is 11.6. The minimum Gasteiger partial charge on any atom is -0.481 e. The topological polar surface area (TPSA) is 62.1 Å². The molecule has 0 bridgehead atoms. The fourth-order valence-corrected chi connectivity index (χ4v) is 1.41. The van der Waals surface area contributed by atoms with E-state index in [1.165, 1.54) is 0 Å².